The van der Waals surface area contributed by atoms with Gasteiger partial charge in [-0.1, -0.05) is 50.2 Å². The third kappa shape index (κ3) is 4.29. The van der Waals surface area contributed by atoms with Crippen LogP contribution in [-0.2, 0) is 17.8 Å². The SMILES string of the molecule is CC[C@@H](C)c1ccccc1NC(=O)[C@H](C)Sc1nnc2n1CCCCC2. The van der Waals surface area contributed by atoms with E-state index in [-0.39, 0.29) is 11.2 Å². The lowest BCUT2D eigenvalue weighted by Crippen LogP contribution is -2.24. The molecule has 2 atom stereocenters. The number of amides is 1. The molecular formula is C20H28N4OS. The molecule has 26 heavy (non-hydrogen) atoms. The molecule has 0 saturated carbocycles. The third-order valence-corrected chi connectivity index (χ3v) is 6.17. The van der Waals surface area contributed by atoms with Crippen molar-refractivity contribution in [3.8, 4) is 0 Å². The minimum atomic E-state index is -0.225. The first-order valence-corrected chi connectivity index (χ1v) is 10.5. The monoisotopic (exact) mass is 372 g/mol. The summed E-state index contributed by atoms with van der Waals surface area (Å²) >= 11 is 1.50. The van der Waals surface area contributed by atoms with Gasteiger partial charge in [0.15, 0.2) is 5.16 Å². The Kier molecular flexibility index (Phi) is 6.35. The molecule has 2 heterocycles. The Morgan fingerprint density at radius 2 is 2.04 bits per heavy atom. The first kappa shape index (κ1) is 19.0. The Bertz CT molecular complexity index is 758. The van der Waals surface area contributed by atoms with Crippen LogP contribution >= 0.6 is 11.8 Å². The first-order valence-electron chi connectivity index (χ1n) is 9.58. The van der Waals surface area contributed by atoms with Gasteiger partial charge in [-0.3, -0.25) is 4.79 Å². The van der Waals surface area contributed by atoms with E-state index in [0.29, 0.717) is 5.92 Å². The number of fused-ring (bicyclic) bond motifs is 1. The summed E-state index contributed by atoms with van der Waals surface area (Å²) in [6.07, 6.45) is 5.59. The number of aryl methyl sites for hydroxylation is 1. The highest BCUT2D eigenvalue weighted by atomic mass is 32.2. The standard InChI is InChI=1S/C20H28N4OS/c1-4-14(2)16-10-7-8-11-17(16)21-19(25)15(3)26-20-23-22-18-12-6-5-9-13-24(18)20/h7-8,10-11,14-15H,4-6,9,12-13H2,1-3H3,(H,21,25)/t14-,15+/m1/s1. The summed E-state index contributed by atoms with van der Waals surface area (Å²) in [6.45, 7) is 7.24. The summed E-state index contributed by atoms with van der Waals surface area (Å²) < 4.78 is 2.19. The maximum absolute atomic E-state index is 12.7. The summed E-state index contributed by atoms with van der Waals surface area (Å²) in [4.78, 5) is 12.7. The molecule has 3 rings (SSSR count). The van der Waals surface area contributed by atoms with Crippen LogP contribution in [0.1, 0.15) is 63.8 Å². The lowest BCUT2D eigenvalue weighted by Gasteiger charge is -2.17. The molecule has 6 heteroatoms. The molecule has 1 aromatic carbocycles. The number of anilines is 1. The van der Waals surface area contributed by atoms with Crippen molar-refractivity contribution in [1.82, 2.24) is 14.8 Å². The van der Waals surface area contributed by atoms with Gasteiger partial charge in [-0.05, 0) is 43.7 Å². The minimum absolute atomic E-state index is 0.0109. The second-order valence-electron chi connectivity index (χ2n) is 7.01. The quantitative estimate of drug-likeness (QED) is 0.751. The van der Waals surface area contributed by atoms with Crippen molar-refractivity contribution in [2.24, 2.45) is 0 Å². The van der Waals surface area contributed by atoms with Gasteiger partial charge in [-0.2, -0.15) is 0 Å². The Balaban J connectivity index is 1.69. The van der Waals surface area contributed by atoms with Crippen molar-refractivity contribution in [3.63, 3.8) is 0 Å². The van der Waals surface area contributed by atoms with Crippen molar-refractivity contribution >= 4 is 23.4 Å². The van der Waals surface area contributed by atoms with Crippen molar-refractivity contribution in [1.29, 1.82) is 0 Å². The van der Waals surface area contributed by atoms with Crippen molar-refractivity contribution in [2.45, 2.75) is 75.7 Å². The highest BCUT2D eigenvalue weighted by molar-refractivity contribution is 8.00. The molecule has 0 spiro atoms. The molecule has 0 bridgehead atoms. The fourth-order valence-electron chi connectivity index (χ4n) is 3.25. The number of benzene rings is 1. The zero-order valence-corrected chi connectivity index (χ0v) is 16.7. The Morgan fingerprint density at radius 1 is 1.23 bits per heavy atom. The summed E-state index contributed by atoms with van der Waals surface area (Å²) in [5, 5.41) is 12.4. The number of hydrogen-bond donors (Lipinski definition) is 1. The Labute approximate surface area is 160 Å². The number of nitrogens with zero attached hydrogens (tertiary/aromatic N) is 3. The fraction of sp³-hybridized carbons (Fsp3) is 0.550. The number of carbonyl (C=O) groups is 1. The van der Waals surface area contributed by atoms with E-state index in [1.165, 1.54) is 30.2 Å². The highest BCUT2D eigenvalue weighted by Crippen LogP contribution is 2.29. The average molecular weight is 373 g/mol. The van der Waals surface area contributed by atoms with E-state index in [1.807, 2.05) is 25.1 Å². The van der Waals surface area contributed by atoms with Crippen LogP contribution in [0.2, 0.25) is 0 Å². The van der Waals surface area contributed by atoms with Gasteiger partial charge in [0.2, 0.25) is 5.91 Å². The summed E-state index contributed by atoms with van der Waals surface area (Å²) in [6, 6.07) is 8.08. The maximum Gasteiger partial charge on any atom is 0.237 e. The van der Waals surface area contributed by atoms with E-state index < -0.39 is 0 Å². The molecule has 0 saturated heterocycles. The number of aromatic nitrogens is 3. The normalized spacial score (nSPS) is 16.4. The highest BCUT2D eigenvalue weighted by Gasteiger charge is 2.22. The number of thioether (sulfide) groups is 1. The van der Waals surface area contributed by atoms with Gasteiger partial charge < -0.3 is 9.88 Å². The minimum Gasteiger partial charge on any atom is -0.325 e. The van der Waals surface area contributed by atoms with E-state index in [9.17, 15) is 4.79 Å². The zero-order chi connectivity index (χ0) is 18.5. The number of nitrogens with one attached hydrogen (secondary N) is 1. The van der Waals surface area contributed by atoms with Crippen LogP contribution in [-0.4, -0.2) is 25.9 Å². The molecule has 140 valence electrons. The molecule has 5 nitrogen and oxygen atoms in total. The van der Waals surface area contributed by atoms with Crippen LogP contribution in [0.25, 0.3) is 0 Å². The number of para-hydroxylation sites is 1. The smallest absolute Gasteiger partial charge is 0.237 e. The van der Waals surface area contributed by atoms with Crippen LogP contribution in [0.4, 0.5) is 5.69 Å². The summed E-state index contributed by atoms with van der Waals surface area (Å²) in [5.41, 5.74) is 2.11. The van der Waals surface area contributed by atoms with Crippen LogP contribution < -0.4 is 5.32 Å². The van der Waals surface area contributed by atoms with E-state index in [1.54, 1.807) is 0 Å². The molecule has 0 unspecified atom stereocenters. The van der Waals surface area contributed by atoms with Crippen LogP contribution in [0, 0.1) is 0 Å². The number of hydrogen-bond acceptors (Lipinski definition) is 4. The van der Waals surface area contributed by atoms with Gasteiger partial charge in [0.1, 0.15) is 5.82 Å². The van der Waals surface area contributed by atoms with E-state index in [2.05, 4.69) is 40.0 Å². The first-order chi connectivity index (χ1) is 12.6. The third-order valence-electron chi connectivity index (χ3n) is 5.09. The lowest BCUT2D eigenvalue weighted by atomic mass is 9.97. The van der Waals surface area contributed by atoms with Gasteiger partial charge >= 0.3 is 0 Å². The number of rotatable bonds is 6. The zero-order valence-electron chi connectivity index (χ0n) is 15.9. The average Bonchev–Trinajstić information content (AvgIpc) is 2.88. The van der Waals surface area contributed by atoms with Crippen LogP contribution in [0.15, 0.2) is 29.4 Å². The van der Waals surface area contributed by atoms with Crippen molar-refractivity contribution < 1.29 is 4.79 Å². The largest absolute Gasteiger partial charge is 0.325 e. The van der Waals surface area contributed by atoms with Gasteiger partial charge in [0, 0.05) is 18.7 Å². The molecule has 0 fully saturated rings. The van der Waals surface area contributed by atoms with Gasteiger partial charge in [-0.15, -0.1) is 10.2 Å². The van der Waals surface area contributed by atoms with E-state index in [4.69, 9.17) is 0 Å². The second-order valence-corrected chi connectivity index (χ2v) is 8.31. The predicted molar refractivity (Wildman–Crippen MR) is 107 cm³/mol. The molecule has 1 amide bonds. The predicted octanol–water partition coefficient (Wildman–Crippen LogP) is 4.64. The van der Waals surface area contributed by atoms with E-state index in [0.717, 1.165) is 42.5 Å². The van der Waals surface area contributed by atoms with Crippen molar-refractivity contribution in [2.75, 3.05) is 5.32 Å². The topological polar surface area (TPSA) is 59.8 Å². The second kappa shape index (κ2) is 8.71. The Morgan fingerprint density at radius 3 is 2.85 bits per heavy atom. The van der Waals surface area contributed by atoms with Gasteiger partial charge in [0.05, 0.1) is 5.25 Å². The van der Waals surface area contributed by atoms with Gasteiger partial charge in [0.25, 0.3) is 0 Å². The molecule has 0 radical (unpaired) electrons. The van der Waals surface area contributed by atoms with Gasteiger partial charge in [-0.25, -0.2) is 0 Å². The van der Waals surface area contributed by atoms with Crippen molar-refractivity contribution in [3.05, 3.63) is 35.7 Å². The summed E-state index contributed by atoms with van der Waals surface area (Å²) in [5.74, 6) is 1.48. The molecule has 1 aliphatic heterocycles. The lowest BCUT2D eigenvalue weighted by molar-refractivity contribution is -0.115. The Hall–Kier alpha value is -1.82. The van der Waals surface area contributed by atoms with Crippen LogP contribution in [0.3, 0.4) is 0 Å². The number of carbonyl (C=O) groups excluding carboxylic acids is 1. The molecule has 1 aliphatic rings. The molecule has 0 aliphatic carbocycles. The summed E-state index contributed by atoms with van der Waals surface area (Å²) in [7, 11) is 0. The van der Waals surface area contributed by atoms with E-state index >= 15 is 0 Å². The van der Waals surface area contributed by atoms with Crippen LogP contribution in [0.5, 0.6) is 0 Å². The molecule has 1 aromatic heterocycles. The molecule has 1 N–H and O–H groups in total. The fourth-order valence-corrected chi connectivity index (χ4v) is 4.15. The molecule has 2 aromatic rings. The molecular weight excluding hydrogens is 344 g/mol. The maximum atomic E-state index is 12.7.